The largest absolute Gasteiger partial charge is 0.495 e. The first-order chi connectivity index (χ1) is 11.1. The number of ether oxygens (including phenoxy) is 1. The molecule has 1 N–H and O–H groups in total. The van der Waals surface area contributed by atoms with Gasteiger partial charge < -0.3 is 15.0 Å². The second kappa shape index (κ2) is 6.24. The fraction of sp³-hybridized carbons (Fsp3) is 0.353. The second-order valence-electron chi connectivity index (χ2n) is 5.60. The van der Waals surface area contributed by atoms with Gasteiger partial charge in [-0.15, -0.1) is 0 Å². The zero-order valence-electron chi connectivity index (χ0n) is 13.6. The highest BCUT2D eigenvalue weighted by atomic mass is 16.5. The van der Waals surface area contributed by atoms with Crippen LogP contribution in [0.15, 0.2) is 24.3 Å². The number of aromatic nitrogens is 2. The Morgan fingerprint density at radius 3 is 2.70 bits per heavy atom. The lowest BCUT2D eigenvalue weighted by Gasteiger charge is -2.20. The van der Waals surface area contributed by atoms with E-state index in [-0.39, 0.29) is 5.91 Å². The number of aryl methyl sites for hydroxylation is 2. The number of methoxy groups -OCH3 is 1. The highest BCUT2D eigenvalue weighted by molar-refractivity contribution is 5.97. The molecule has 3 rings (SSSR count). The highest BCUT2D eigenvalue weighted by Crippen LogP contribution is 2.34. The lowest BCUT2D eigenvalue weighted by atomic mass is 10.2. The summed E-state index contributed by atoms with van der Waals surface area (Å²) in [5.41, 5.74) is 2.56. The predicted molar refractivity (Wildman–Crippen MR) is 89.4 cm³/mol. The number of carbonyl (C=O) groups excluding carboxylic acids is 1. The maximum Gasteiger partial charge on any atom is 0.227 e. The zero-order chi connectivity index (χ0) is 16.4. The lowest BCUT2D eigenvalue weighted by Crippen LogP contribution is -2.24. The van der Waals surface area contributed by atoms with Crippen LogP contribution in [0.3, 0.4) is 0 Å². The first-order valence-corrected chi connectivity index (χ1v) is 7.64. The van der Waals surface area contributed by atoms with Gasteiger partial charge in [0.2, 0.25) is 5.91 Å². The molecule has 0 radical (unpaired) electrons. The van der Waals surface area contributed by atoms with Crippen molar-refractivity contribution in [3.05, 3.63) is 35.8 Å². The molecule has 0 atom stereocenters. The van der Waals surface area contributed by atoms with Gasteiger partial charge in [0.25, 0.3) is 0 Å². The third-order valence-electron chi connectivity index (χ3n) is 3.78. The van der Waals surface area contributed by atoms with Crippen LogP contribution in [-0.2, 0) is 4.79 Å². The smallest absolute Gasteiger partial charge is 0.227 e. The van der Waals surface area contributed by atoms with Crippen molar-refractivity contribution in [2.24, 2.45) is 0 Å². The Morgan fingerprint density at radius 1 is 1.22 bits per heavy atom. The lowest BCUT2D eigenvalue weighted by molar-refractivity contribution is -0.117. The van der Waals surface area contributed by atoms with E-state index in [2.05, 4.69) is 15.3 Å². The van der Waals surface area contributed by atoms with E-state index < -0.39 is 0 Å². The minimum Gasteiger partial charge on any atom is -0.495 e. The minimum absolute atomic E-state index is 0.133. The van der Waals surface area contributed by atoms with Crippen LogP contribution in [0.2, 0.25) is 0 Å². The number of benzene rings is 1. The van der Waals surface area contributed by atoms with Crippen molar-refractivity contribution < 1.29 is 9.53 Å². The number of hydrogen-bond acceptors (Lipinski definition) is 5. The molecule has 1 saturated heterocycles. The summed E-state index contributed by atoms with van der Waals surface area (Å²) in [6.07, 6.45) is 1.47. The van der Waals surface area contributed by atoms with Crippen LogP contribution in [0, 0.1) is 13.8 Å². The van der Waals surface area contributed by atoms with E-state index in [0.29, 0.717) is 12.2 Å². The number of amides is 1. The van der Waals surface area contributed by atoms with E-state index in [0.717, 1.165) is 41.7 Å². The Hall–Kier alpha value is -2.63. The molecule has 23 heavy (non-hydrogen) atoms. The number of anilines is 3. The molecule has 1 aromatic heterocycles. The standard InChI is InChI=1S/C17H20N4O2/c1-11-9-16(19-12(2)18-11)20-13-6-7-15(23-3)14(10-13)21-8-4-5-17(21)22/h6-7,9-10H,4-5,8H2,1-3H3,(H,18,19,20). The number of rotatable bonds is 4. The molecule has 120 valence electrons. The van der Waals surface area contributed by atoms with Gasteiger partial charge in [0.1, 0.15) is 17.4 Å². The molecule has 1 aromatic carbocycles. The summed E-state index contributed by atoms with van der Waals surface area (Å²) in [5, 5.41) is 3.27. The third-order valence-corrected chi connectivity index (χ3v) is 3.78. The summed E-state index contributed by atoms with van der Waals surface area (Å²) in [5.74, 6) is 2.28. The zero-order valence-corrected chi connectivity index (χ0v) is 13.6. The molecule has 0 saturated carbocycles. The van der Waals surface area contributed by atoms with Gasteiger partial charge in [-0.25, -0.2) is 9.97 Å². The van der Waals surface area contributed by atoms with Crippen LogP contribution in [0.1, 0.15) is 24.4 Å². The van der Waals surface area contributed by atoms with Crippen LogP contribution >= 0.6 is 0 Å². The summed E-state index contributed by atoms with van der Waals surface area (Å²) < 4.78 is 5.40. The monoisotopic (exact) mass is 312 g/mol. The maximum atomic E-state index is 12.0. The third kappa shape index (κ3) is 3.26. The molecule has 6 heteroatoms. The molecule has 1 aliphatic heterocycles. The van der Waals surface area contributed by atoms with Crippen LogP contribution in [0.5, 0.6) is 5.75 Å². The minimum atomic E-state index is 0.133. The molecule has 0 aliphatic carbocycles. The van der Waals surface area contributed by atoms with Gasteiger partial charge in [-0.3, -0.25) is 4.79 Å². The van der Waals surface area contributed by atoms with Gasteiger partial charge in [0, 0.05) is 30.4 Å². The molecule has 6 nitrogen and oxygen atoms in total. The average molecular weight is 312 g/mol. The van der Waals surface area contributed by atoms with Crippen molar-refractivity contribution in [3.8, 4) is 5.75 Å². The van der Waals surface area contributed by atoms with Crippen molar-refractivity contribution in [2.75, 3.05) is 23.9 Å². The highest BCUT2D eigenvalue weighted by Gasteiger charge is 2.24. The Labute approximate surface area is 135 Å². The Balaban J connectivity index is 1.92. The summed E-state index contributed by atoms with van der Waals surface area (Å²) in [6, 6.07) is 7.59. The Morgan fingerprint density at radius 2 is 2.04 bits per heavy atom. The van der Waals surface area contributed by atoms with Crippen molar-refractivity contribution in [1.82, 2.24) is 9.97 Å². The summed E-state index contributed by atoms with van der Waals surface area (Å²) >= 11 is 0. The molecule has 2 heterocycles. The number of carbonyl (C=O) groups is 1. The summed E-state index contributed by atoms with van der Waals surface area (Å²) in [7, 11) is 1.61. The Bertz CT molecular complexity index is 725. The van der Waals surface area contributed by atoms with E-state index in [1.807, 2.05) is 38.1 Å². The van der Waals surface area contributed by atoms with Gasteiger partial charge in [-0.2, -0.15) is 0 Å². The first-order valence-electron chi connectivity index (χ1n) is 7.64. The fourth-order valence-electron chi connectivity index (χ4n) is 2.81. The summed E-state index contributed by atoms with van der Waals surface area (Å²) in [4.78, 5) is 22.5. The van der Waals surface area contributed by atoms with Crippen LogP contribution in [0.25, 0.3) is 0 Å². The second-order valence-corrected chi connectivity index (χ2v) is 5.60. The molecule has 0 bridgehead atoms. The molecule has 1 fully saturated rings. The van der Waals surface area contributed by atoms with Gasteiger partial charge in [0.15, 0.2) is 0 Å². The molecule has 1 aliphatic rings. The van der Waals surface area contributed by atoms with Crippen LogP contribution in [-0.4, -0.2) is 29.5 Å². The molecule has 0 spiro atoms. The number of nitrogens with one attached hydrogen (secondary N) is 1. The first kappa shape index (κ1) is 15.3. The molecular weight excluding hydrogens is 292 g/mol. The Kier molecular flexibility index (Phi) is 4.14. The normalized spacial score (nSPS) is 14.2. The number of nitrogens with zero attached hydrogens (tertiary/aromatic N) is 3. The van der Waals surface area contributed by atoms with E-state index in [4.69, 9.17) is 4.74 Å². The average Bonchev–Trinajstić information content (AvgIpc) is 2.92. The molecular formula is C17H20N4O2. The SMILES string of the molecule is COc1ccc(Nc2cc(C)nc(C)n2)cc1N1CCCC1=O. The van der Waals surface area contributed by atoms with Crippen LogP contribution in [0.4, 0.5) is 17.2 Å². The van der Waals surface area contributed by atoms with E-state index in [1.54, 1.807) is 12.0 Å². The quantitative estimate of drug-likeness (QED) is 0.940. The van der Waals surface area contributed by atoms with Crippen molar-refractivity contribution >= 4 is 23.1 Å². The fourth-order valence-corrected chi connectivity index (χ4v) is 2.81. The van der Waals surface area contributed by atoms with Crippen LogP contribution < -0.4 is 15.0 Å². The van der Waals surface area contributed by atoms with E-state index >= 15 is 0 Å². The summed E-state index contributed by atoms with van der Waals surface area (Å²) in [6.45, 7) is 4.52. The predicted octanol–water partition coefficient (Wildman–Crippen LogP) is 2.97. The van der Waals surface area contributed by atoms with Gasteiger partial charge in [-0.1, -0.05) is 0 Å². The topological polar surface area (TPSA) is 67.3 Å². The van der Waals surface area contributed by atoms with Crippen molar-refractivity contribution in [3.63, 3.8) is 0 Å². The molecule has 1 amide bonds. The van der Waals surface area contributed by atoms with Gasteiger partial charge in [0.05, 0.1) is 12.8 Å². The maximum absolute atomic E-state index is 12.0. The van der Waals surface area contributed by atoms with Gasteiger partial charge in [-0.05, 0) is 38.5 Å². The van der Waals surface area contributed by atoms with Crippen molar-refractivity contribution in [1.29, 1.82) is 0 Å². The molecule has 2 aromatic rings. The van der Waals surface area contributed by atoms with Gasteiger partial charge >= 0.3 is 0 Å². The van der Waals surface area contributed by atoms with Crippen molar-refractivity contribution in [2.45, 2.75) is 26.7 Å². The van der Waals surface area contributed by atoms with E-state index in [9.17, 15) is 4.79 Å². The molecule has 0 unspecified atom stereocenters. The van der Waals surface area contributed by atoms with E-state index in [1.165, 1.54) is 0 Å². The number of hydrogen-bond donors (Lipinski definition) is 1.